The standard InChI is InChI=1S/C26H31N3O5/c1-26(2,3)34-25(32)28-16-20-22(17-28)33-21(14-23(30)27-19-12-8-5-9-13-19)24(31)29(20)15-18-10-6-4-7-11-18/h4-13,20-22H,14-17H2,1-3H3,(H,27,30). The van der Waals surface area contributed by atoms with E-state index in [0.29, 0.717) is 25.3 Å². The lowest BCUT2D eigenvalue weighted by Gasteiger charge is -2.40. The number of fused-ring (bicyclic) bond motifs is 1. The second-order valence-electron chi connectivity index (χ2n) is 9.69. The van der Waals surface area contributed by atoms with Crippen molar-refractivity contribution in [3.8, 4) is 0 Å². The van der Waals surface area contributed by atoms with E-state index in [1.54, 1.807) is 21.9 Å². The zero-order valence-electron chi connectivity index (χ0n) is 19.8. The van der Waals surface area contributed by atoms with Crippen LogP contribution in [-0.2, 0) is 25.6 Å². The number of hydrogen-bond donors (Lipinski definition) is 1. The predicted molar refractivity (Wildman–Crippen MR) is 127 cm³/mol. The van der Waals surface area contributed by atoms with Gasteiger partial charge >= 0.3 is 6.09 Å². The van der Waals surface area contributed by atoms with E-state index in [1.807, 2.05) is 69.3 Å². The number of carbonyl (C=O) groups is 3. The van der Waals surface area contributed by atoms with Gasteiger partial charge in [-0.15, -0.1) is 0 Å². The molecule has 0 bridgehead atoms. The summed E-state index contributed by atoms with van der Waals surface area (Å²) >= 11 is 0. The van der Waals surface area contributed by atoms with Crippen LogP contribution in [0.5, 0.6) is 0 Å². The molecule has 0 radical (unpaired) electrons. The second kappa shape index (κ2) is 9.85. The summed E-state index contributed by atoms with van der Waals surface area (Å²) in [7, 11) is 0. The summed E-state index contributed by atoms with van der Waals surface area (Å²) < 4.78 is 11.6. The molecule has 2 aromatic carbocycles. The molecule has 2 saturated heterocycles. The molecule has 3 unspecified atom stereocenters. The average molecular weight is 466 g/mol. The molecule has 0 spiro atoms. The maximum absolute atomic E-state index is 13.5. The molecule has 0 aromatic heterocycles. The van der Waals surface area contributed by atoms with Crippen molar-refractivity contribution in [3.05, 3.63) is 66.2 Å². The van der Waals surface area contributed by atoms with Gasteiger partial charge in [-0.1, -0.05) is 48.5 Å². The summed E-state index contributed by atoms with van der Waals surface area (Å²) in [4.78, 5) is 42.1. The fourth-order valence-corrected chi connectivity index (χ4v) is 4.30. The van der Waals surface area contributed by atoms with E-state index in [4.69, 9.17) is 9.47 Å². The number of morpholine rings is 1. The third-order valence-corrected chi connectivity index (χ3v) is 5.81. The molecule has 0 aliphatic carbocycles. The Morgan fingerprint density at radius 1 is 1.03 bits per heavy atom. The predicted octanol–water partition coefficient (Wildman–Crippen LogP) is 3.43. The molecule has 8 heteroatoms. The quantitative estimate of drug-likeness (QED) is 0.731. The number of nitrogens with zero attached hydrogens (tertiary/aromatic N) is 2. The van der Waals surface area contributed by atoms with Crippen LogP contribution in [0.3, 0.4) is 0 Å². The fourth-order valence-electron chi connectivity index (χ4n) is 4.30. The average Bonchev–Trinajstić information content (AvgIpc) is 3.21. The molecule has 34 heavy (non-hydrogen) atoms. The van der Waals surface area contributed by atoms with Crippen LogP contribution in [-0.4, -0.2) is 64.6 Å². The molecule has 2 heterocycles. The molecular formula is C26H31N3O5. The van der Waals surface area contributed by atoms with Gasteiger partial charge in [0.2, 0.25) is 5.91 Å². The topological polar surface area (TPSA) is 88.2 Å². The Balaban J connectivity index is 1.51. The van der Waals surface area contributed by atoms with E-state index in [2.05, 4.69) is 5.32 Å². The number of likely N-dealkylation sites (tertiary alicyclic amines) is 1. The molecule has 3 amide bonds. The van der Waals surface area contributed by atoms with Gasteiger partial charge in [0.25, 0.3) is 5.91 Å². The number of carbonyl (C=O) groups excluding carboxylic acids is 3. The number of rotatable bonds is 5. The van der Waals surface area contributed by atoms with Crippen LogP contribution >= 0.6 is 0 Å². The summed E-state index contributed by atoms with van der Waals surface area (Å²) in [6.45, 7) is 6.45. The molecule has 2 aromatic rings. The molecule has 0 saturated carbocycles. The SMILES string of the molecule is CC(C)(C)OC(=O)N1CC2OC(CC(=O)Nc3ccccc3)C(=O)N(Cc3ccccc3)C2C1. The highest BCUT2D eigenvalue weighted by Crippen LogP contribution is 2.30. The second-order valence-corrected chi connectivity index (χ2v) is 9.69. The monoisotopic (exact) mass is 465 g/mol. The summed E-state index contributed by atoms with van der Waals surface area (Å²) in [5, 5.41) is 2.81. The first-order valence-corrected chi connectivity index (χ1v) is 11.5. The van der Waals surface area contributed by atoms with E-state index in [9.17, 15) is 14.4 Å². The van der Waals surface area contributed by atoms with Gasteiger partial charge in [-0.2, -0.15) is 0 Å². The summed E-state index contributed by atoms with van der Waals surface area (Å²) in [6, 6.07) is 18.4. The summed E-state index contributed by atoms with van der Waals surface area (Å²) in [5.41, 5.74) is 1.01. The minimum Gasteiger partial charge on any atom is -0.444 e. The Morgan fingerprint density at radius 2 is 1.68 bits per heavy atom. The van der Waals surface area contributed by atoms with Crippen LogP contribution < -0.4 is 5.32 Å². The number of para-hydroxylation sites is 1. The Kier molecular flexibility index (Phi) is 6.88. The Morgan fingerprint density at radius 3 is 2.32 bits per heavy atom. The molecule has 2 aliphatic heterocycles. The lowest BCUT2D eigenvalue weighted by molar-refractivity contribution is -0.169. The van der Waals surface area contributed by atoms with Crippen molar-refractivity contribution in [1.82, 2.24) is 9.80 Å². The van der Waals surface area contributed by atoms with E-state index in [-0.39, 0.29) is 24.3 Å². The van der Waals surface area contributed by atoms with Crippen LogP contribution in [0.15, 0.2) is 60.7 Å². The van der Waals surface area contributed by atoms with Gasteiger partial charge in [0.1, 0.15) is 11.7 Å². The molecule has 180 valence electrons. The molecular weight excluding hydrogens is 434 g/mol. The maximum Gasteiger partial charge on any atom is 0.410 e. The molecule has 3 atom stereocenters. The summed E-state index contributed by atoms with van der Waals surface area (Å²) in [6.07, 6.45) is -1.86. The highest BCUT2D eigenvalue weighted by molar-refractivity contribution is 5.95. The van der Waals surface area contributed by atoms with Crippen LogP contribution in [0.25, 0.3) is 0 Å². The van der Waals surface area contributed by atoms with Crippen molar-refractivity contribution in [1.29, 1.82) is 0 Å². The smallest absolute Gasteiger partial charge is 0.410 e. The Labute approximate surface area is 199 Å². The number of ether oxygens (including phenoxy) is 2. The van der Waals surface area contributed by atoms with Crippen molar-refractivity contribution in [2.75, 3.05) is 18.4 Å². The normalized spacial score (nSPS) is 22.3. The third-order valence-electron chi connectivity index (χ3n) is 5.81. The molecule has 1 N–H and O–H groups in total. The number of nitrogens with one attached hydrogen (secondary N) is 1. The van der Waals surface area contributed by atoms with Gasteiger partial charge < -0.3 is 24.6 Å². The molecule has 2 aliphatic rings. The lowest BCUT2D eigenvalue weighted by Crippen LogP contribution is -2.58. The van der Waals surface area contributed by atoms with Gasteiger partial charge in [0, 0.05) is 18.8 Å². The molecule has 2 fully saturated rings. The zero-order valence-corrected chi connectivity index (χ0v) is 19.8. The first kappa shape index (κ1) is 23.8. The minimum absolute atomic E-state index is 0.103. The third kappa shape index (κ3) is 5.75. The largest absolute Gasteiger partial charge is 0.444 e. The first-order valence-electron chi connectivity index (χ1n) is 11.5. The van der Waals surface area contributed by atoms with Gasteiger partial charge in [-0.3, -0.25) is 9.59 Å². The van der Waals surface area contributed by atoms with Crippen molar-refractivity contribution >= 4 is 23.6 Å². The maximum atomic E-state index is 13.5. The van der Waals surface area contributed by atoms with Crippen LogP contribution in [0.2, 0.25) is 0 Å². The first-order chi connectivity index (χ1) is 16.2. The van der Waals surface area contributed by atoms with Crippen molar-refractivity contribution in [3.63, 3.8) is 0 Å². The fraction of sp³-hybridized carbons (Fsp3) is 0.423. The van der Waals surface area contributed by atoms with Crippen LogP contribution in [0, 0.1) is 0 Å². The van der Waals surface area contributed by atoms with Gasteiger partial charge in [-0.25, -0.2) is 4.79 Å². The Bertz CT molecular complexity index is 1020. The number of anilines is 1. The minimum atomic E-state index is -0.924. The zero-order chi connectivity index (χ0) is 24.3. The highest BCUT2D eigenvalue weighted by Gasteiger charge is 2.49. The van der Waals surface area contributed by atoms with Crippen molar-refractivity contribution < 1.29 is 23.9 Å². The van der Waals surface area contributed by atoms with Crippen molar-refractivity contribution in [2.45, 2.75) is 57.6 Å². The lowest BCUT2D eigenvalue weighted by atomic mass is 10.0. The van der Waals surface area contributed by atoms with E-state index in [0.717, 1.165) is 5.56 Å². The Hall–Kier alpha value is -3.39. The molecule has 4 rings (SSSR count). The van der Waals surface area contributed by atoms with Gasteiger partial charge in [0.15, 0.2) is 0 Å². The van der Waals surface area contributed by atoms with Crippen molar-refractivity contribution in [2.24, 2.45) is 0 Å². The number of hydrogen-bond acceptors (Lipinski definition) is 5. The van der Waals surface area contributed by atoms with Crippen LogP contribution in [0.4, 0.5) is 10.5 Å². The summed E-state index contributed by atoms with van der Waals surface area (Å²) in [5.74, 6) is -0.552. The van der Waals surface area contributed by atoms with E-state index >= 15 is 0 Å². The van der Waals surface area contributed by atoms with Gasteiger partial charge in [-0.05, 0) is 38.5 Å². The number of amides is 3. The number of benzene rings is 2. The van der Waals surface area contributed by atoms with E-state index in [1.165, 1.54) is 0 Å². The van der Waals surface area contributed by atoms with Crippen LogP contribution in [0.1, 0.15) is 32.8 Å². The molecule has 8 nitrogen and oxygen atoms in total. The van der Waals surface area contributed by atoms with Gasteiger partial charge in [0.05, 0.1) is 25.1 Å². The highest BCUT2D eigenvalue weighted by atomic mass is 16.6. The van der Waals surface area contributed by atoms with E-state index < -0.39 is 23.9 Å².